The number of hydrogen-bond acceptors (Lipinski definition) is 5. The van der Waals surface area contributed by atoms with Gasteiger partial charge in [-0.25, -0.2) is 9.59 Å². The van der Waals surface area contributed by atoms with E-state index in [4.69, 9.17) is 14.9 Å². The molecule has 0 heterocycles. The summed E-state index contributed by atoms with van der Waals surface area (Å²) in [5, 5.41) is 26.7. The first-order chi connectivity index (χ1) is 12.6. The summed E-state index contributed by atoms with van der Waals surface area (Å²) in [6.07, 6.45) is -1.02. The Balaban J connectivity index is 0.000000769. The maximum absolute atomic E-state index is 12.0. The largest absolute Gasteiger partial charge is 0.507 e. The molecule has 1 aromatic rings. The van der Waals surface area contributed by atoms with Gasteiger partial charge in [0.25, 0.3) is 0 Å². The van der Waals surface area contributed by atoms with Crippen LogP contribution in [0.25, 0.3) is 0 Å². The highest BCUT2D eigenvalue weighted by atomic mass is 16.5. The van der Waals surface area contributed by atoms with Gasteiger partial charge in [-0.1, -0.05) is 12.1 Å². The highest BCUT2D eigenvalue weighted by Gasteiger charge is 2.26. The molecule has 1 aromatic carbocycles. The molecule has 28 heavy (non-hydrogen) atoms. The molecule has 0 aromatic heterocycles. The SMILES string of the molecule is C[N+](C)(C)CC(=O)O.C[N+](C)(C)CC(CC(=O)O)OC(=O)c1ccccc1O. The van der Waals surface area contributed by atoms with Gasteiger partial charge in [0.15, 0.2) is 12.6 Å². The summed E-state index contributed by atoms with van der Waals surface area (Å²) in [6.45, 7) is 0.547. The van der Waals surface area contributed by atoms with Crippen LogP contribution in [0.1, 0.15) is 16.8 Å². The number of esters is 1. The molecule has 1 unspecified atom stereocenters. The van der Waals surface area contributed by atoms with E-state index in [-0.39, 0.29) is 24.3 Å². The van der Waals surface area contributed by atoms with Crippen molar-refractivity contribution >= 4 is 17.9 Å². The van der Waals surface area contributed by atoms with E-state index in [1.54, 1.807) is 12.1 Å². The molecule has 0 spiro atoms. The van der Waals surface area contributed by atoms with Gasteiger partial charge in [-0.3, -0.25) is 4.79 Å². The van der Waals surface area contributed by atoms with Crippen LogP contribution in [-0.2, 0) is 14.3 Å². The quantitative estimate of drug-likeness (QED) is 0.437. The van der Waals surface area contributed by atoms with Crippen LogP contribution >= 0.6 is 0 Å². The lowest BCUT2D eigenvalue weighted by atomic mass is 10.2. The first kappa shape index (κ1) is 25.4. The zero-order valence-electron chi connectivity index (χ0n) is 17.4. The van der Waals surface area contributed by atoms with E-state index in [1.165, 1.54) is 12.1 Å². The lowest BCUT2D eigenvalue weighted by Gasteiger charge is -2.28. The minimum absolute atomic E-state index is 0.0318. The number of ether oxygens (including phenoxy) is 1. The van der Waals surface area contributed by atoms with Crippen LogP contribution < -0.4 is 0 Å². The van der Waals surface area contributed by atoms with Gasteiger partial charge < -0.3 is 29.0 Å². The zero-order chi connectivity index (χ0) is 22.1. The Labute approximate surface area is 165 Å². The van der Waals surface area contributed by atoms with Crippen molar-refractivity contribution in [3.63, 3.8) is 0 Å². The molecule has 1 atom stereocenters. The number of aliphatic carboxylic acids is 2. The van der Waals surface area contributed by atoms with E-state index in [2.05, 4.69) is 0 Å². The number of rotatable bonds is 8. The van der Waals surface area contributed by atoms with Gasteiger partial charge in [-0.15, -0.1) is 0 Å². The number of carboxylic acid groups (broad SMARTS) is 2. The molecule has 0 aliphatic rings. The molecule has 1 rings (SSSR count). The minimum atomic E-state index is -1.03. The molecule has 0 amide bonds. The fourth-order valence-corrected chi connectivity index (χ4v) is 2.22. The molecule has 0 aliphatic heterocycles. The summed E-state index contributed by atoms with van der Waals surface area (Å²) in [5.74, 6) is -2.69. The van der Waals surface area contributed by atoms with E-state index < -0.39 is 24.0 Å². The Morgan fingerprint density at radius 3 is 1.82 bits per heavy atom. The predicted octanol–water partition coefficient (Wildman–Crippen LogP) is 0.876. The van der Waals surface area contributed by atoms with Gasteiger partial charge in [-0.2, -0.15) is 0 Å². The first-order valence-corrected chi connectivity index (χ1v) is 8.64. The highest BCUT2D eigenvalue weighted by molar-refractivity contribution is 5.92. The average Bonchev–Trinajstić information content (AvgIpc) is 2.42. The molecule has 0 aliphatic carbocycles. The third-order valence-electron chi connectivity index (χ3n) is 3.16. The van der Waals surface area contributed by atoms with Crippen LogP contribution in [0.4, 0.5) is 0 Å². The van der Waals surface area contributed by atoms with Crippen molar-refractivity contribution in [2.45, 2.75) is 12.5 Å². The highest BCUT2D eigenvalue weighted by Crippen LogP contribution is 2.18. The fourth-order valence-electron chi connectivity index (χ4n) is 2.22. The summed E-state index contributed by atoms with van der Waals surface area (Å²) in [4.78, 5) is 32.8. The summed E-state index contributed by atoms with van der Waals surface area (Å²) < 4.78 is 6.15. The molecule has 158 valence electrons. The molecule has 0 fully saturated rings. The summed E-state index contributed by atoms with van der Waals surface area (Å²) >= 11 is 0. The standard InChI is InChI=1S/C14H19NO5.C5H11NO2/c1-15(2,3)9-10(8-13(17)18)20-14(19)11-6-4-5-7-12(11)16;1-6(2,3)4-5(7)8/h4-7,10H,8-9H2,1-3H3,(H-,16,17,18,19);4H2,1-3H3/p+2. The van der Waals surface area contributed by atoms with Gasteiger partial charge in [0.05, 0.1) is 48.7 Å². The number of quaternary nitrogens is 2. The maximum atomic E-state index is 12.0. The van der Waals surface area contributed by atoms with Crippen molar-refractivity contribution in [2.24, 2.45) is 0 Å². The second kappa shape index (κ2) is 10.6. The number of nitrogens with zero attached hydrogens (tertiary/aromatic N) is 2. The maximum Gasteiger partial charge on any atom is 0.359 e. The lowest BCUT2D eigenvalue weighted by molar-refractivity contribution is -0.873. The number of aromatic hydroxyl groups is 1. The normalized spacial score (nSPS) is 12.4. The Morgan fingerprint density at radius 2 is 1.46 bits per heavy atom. The van der Waals surface area contributed by atoms with E-state index in [9.17, 15) is 19.5 Å². The summed E-state index contributed by atoms with van der Waals surface area (Å²) in [6, 6.07) is 6.00. The van der Waals surface area contributed by atoms with E-state index >= 15 is 0 Å². The van der Waals surface area contributed by atoms with Crippen molar-refractivity contribution in [3.8, 4) is 5.75 Å². The molecule has 0 radical (unpaired) electrons. The Hall–Kier alpha value is -2.65. The third-order valence-corrected chi connectivity index (χ3v) is 3.16. The molecule has 0 saturated heterocycles. The Morgan fingerprint density at radius 1 is 0.929 bits per heavy atom. The number of phenols is 1. The number of hydrogen-bond donors (Lipinski definition) is 3. The Bertz CT molecular complexity index is 676. The number of carboxylic acids is 2. The van der Waals surface area contributed by atoms with Crippen LogP contribution in [0.2, 0.25) is 0 Å². The monoisotopic (exact) mass is 400 g/mol. The van der Waals surface area contributed by atoms with E-state index in [1.807, 2.05) is 42.3 Å². The number of benzene rings is 1. The molecule has 0 bridgehead atoms. The van der Waals surface area contributed by atoms with Gasteiger partial charge in [-0.05, 0) is 12.1 Å². The van der Waals surface area contributed by atoms with Gasteiger partial charge in [0.2, 0.25) is 0 Å². The van der Waals surface area contributed by atoms with Crippen molar-refractivity contribution in [2.75, 3.05) is 55.4 Å². The second-order valence-corrected chi connectivity index (χ2v) is 8.46. The van der Waals surface area contributed by atoms with Crippen molar-refractivity contribution in [1.82, 2.24) is 0 Å². The van der Waals surface area contributed by atoms with Crippen LogP contribution in [0, 0.1) is 0 Å². The molecule has 0 saturated carbocycles. The van der Waals surface area contributed by atoms with Crippen molar-refractivity contribution in [3.05, 3.63) is 29.8 Å². The van der Waals surface area contributed by atoms with Gasteiger partial charge in [0, 0.05) is 0 Å². The average molecular weight is 400 g/mol. The molecule has 3 N–H and O–H groups in total. The van der Waals surface area contributed by atoms with Crippen LogP contribution in [0.5, 0.6) is 5.75 Å². The van der Waals surface area contributed by atoms with Gasteiger partial charge in [0.1, 0.15) is 17.9 Å². The summed E-state index contributed by atoms with van der Waals surface area (Å²) in [7, 11) is 11.2. The number of likely N-dealkylation sites (N-methyl/N-ethyl adjacent to an activating group) is 2. The molecule has 9 heteroatoms. The van der Waals surface area contributed by atoms with E-state index in [0.717, 1.165) is 0 Å². The number of phenolic OH excluding ortho intramolecular Hbond substituents is 1. The number of para-hydroxylation sites is 1. The Kier molecular flexibility index (Phi) is 9.62. The number of carbonyl (C=O) groups excluding carboxylic acids is 1. The third kappa shape index (κ3) is 12.7. The first-order valence-electron chi connectivity index (χ1n) is 8.64. The van der Waals surface area contributed by atoms with Gasteiger partial charge >= 0.3 is 17.9 Å². The molecule has 9 nitrogen and oxygen atoms in total. The zero-order valence-corrected chi connectivity index (χ0v) is 17.4. The van der Waals surface area contributed by atoms with Crippen molar-refractivity contribution < 1.29 is 43.4 Å². The van der Waals surface area contributed by atoms with Crippen LogP contribution in [0.15, 0.2) is 24.3 Å². The van der Waals surface area contributed by atoms with Crippen molar-refractivity contribution in [1.29, 1.82) is 0 Å². The molecular formula is C19H32N2O7+2. The number of carbonyl (C=O) groups is 3. The second-order valence-electron chi connectivity index (χ2n) is 8.46. The summed E-state index contributed by atoms with van der Waals surface area (Å²) in [5.41, 5.74) is 0.0318. The predicted molar refractivity (Wildman–Crippen MR) is 103 cm³/mol. The lowest BCUT2D eigenvalue weighted by Crippen LogP contribution is -2.43. The van der Waals surface area contributed by atoms with Crippen LogP contribution in [0.3, 0.4) is 0 Å². The smallest absolute Gasteiger partial charge is 0.359 e. The molecular weight excluding hydrogens is 368 g/mol. The topological polar surface area (TPSA) is 121 Å². The minimum Gasteiger partial charge on any atom is -0.507 e. The van der Waals surface area contributed by atoms with E-state index in [0.29, 0.717) is 15.5 Å². The fraction of sp³-hybridized carbons (Fsp3) is 0.526. The van der Waals surface area contributed by atoms with Crippen LogP contribution in [-0.4, -0.2) is 104 Å².